The maximum Gasteiger partial charge on any atom is 0.324 e. The molecule has 0 radical (unpaired) electrons. The second kappa shape index (κ2) is 6.27. The fourth-order valence-electron chi connectivity index (χ4n) is 2.83. The molecule has 3 amide bonds. The van der Waals surface area contributed by atoms with Gasteiger partial charge in [-0.2, -0.15) is 0 Å². The van der Waals surface area contributed by atoms with E-state index in [4.69, 9.17) is 0 Å². The lowest BCUT2D eigenvalue weighted by atomic mass is 10.2. The zero-order valence-electron chi connectivity index (χ0n) is 12.6. The molecule has 2 fully saturated rings. The van der Waals surface area contributed by atoms with Crippen LogP contribution in [0.15, 0.2) is 18.5 Å². The molecule has 2 saturated heterocycles. The monoisotopic (exact) mass is 304 g/mol. The van der Waals surface area contributed by atoms with Gasteiger partial charge < -0.3 is 10.2 Å². The zero-order chi connectivity index (χ0) is 15.5. The lowest BCUT2D eigenvalue weighted by Crippen LogP contribution is -2.55. The van der Waals surface area contributed by atoms with Crippen LogP contribution in [0.2, 0.25) is 0 Å². The Bertz CT molecular complexity index is 544. The molecule has 1 aromatic rings. The maximum atomic E-state index is 12.4. The zero-order valence-corrected chi connectivity index (χ0v) is 12.6. The first-order valence-electron chi connectivity index (χ1n) is 7.52. The highest BCUT2D eigenvalue weighted by Crippen LogP contribution is 2.13. The van der Waals surface area contributed by atoms with Gasteiger partial charge in [-0.15, -0.1) is 0 Å². The Balaban J connectivity index is 1.57. The number of rotatable bonds is 3. The van der Waals surface area contributed by atoms with Crippen molar-refractivity contribution >= 4 is 17.9 Å². The van der Waals surface area contributed by atoms with Crippen molar-refractivity contribution in [2.45, 2.75) is 13.0 Å². The number of carbonyl (C=O) groups is 2. The SMILES string of the molecule is C[C@@H](C(=O)N1CCNC1=O)N1CCN(c2ncccn2)CC1. The third-order valence-electron chi connectivity index (χ3n) is 4.18. The van der Waals surface area contributed by atoms with E-state index in [1.165, 1.54) is 4.90 Å². The molecular formula is C14H20N6O2. The molecule has 0 aliphatic carbocycles. The fourth-order valence-corrected chi connectivity index (χ4v) is 2.83. The Morgan fingerprint density at radius 1 is 1.18 bits per heavy atom. The third-order valence-corrected chi connectivity index (χ3v) is 4.18. The molecule has 118 valence electrons. The van der Waals surface area contributed by atoms with E-state index >= 15 is 0 Å². The van der Waals surface area contributed by atoms with Crippen molar-refractivity contribution in [2.75, 3.05) is 44.2 Å². The molecule has 0 aromatic carbocycles. The number of imide groups is 1. The summed E-state index contributed by atoms with van der Waals surface area (Å²) in [5, 5.41) is 2.66. The number of piperazine rings is 1. The third kappa shape index (κ3) is 2.87. The quantitative estimate of drug-likeness (QED) is 0.814. The number of aromatic nitrogens is 2. The summed E-state index contributed by atoms with van der Waals surface area (Å²) in [5.74, 6) is 0.597. The van der Waals surface area contributed by atoms with Gasteiger partial charge in [0.2, 0.25) is 11.9 Å². The molecule has 3 heterocycles. The summed E-state index contributed by atoms with van der Waals surface area (Å²) in [7, 11) is 0. The second-order valence-electron chi connectivity index (χ2n) is 5.47. The van der Waals surface area contributed by atoms with Gasteiger partial charge in [0.05, 0.1) is 6.04 Å². The van der Waals surface area contributed by atoms with Gasteiger partial charge >= 0.3 is 6.03 Å². The largest absolute Gasteiger partial charge is 0.338 e. The van der Waals surface area contributed by atoms with Gasteiger partial charge in [-0.05, 0) is 13.0 Å². The van der Waals surface area contributed by atoms with Gasteiger partial charge in [0.1, 0.15) is 0 Å². The first kappa shape index (κ1) is 14.7. The van der Waals surface area contributed by atoms with E-state index in [9.17, 15) is 9.59 Å². The van der Waals surface area contributed by atoms with Crippen LogP contribution >= 0.6 is 0 Å². The van der Waals surface area contributed by atoms with E-state index in [1.807, 2.05) is 6.92 Å². The molecule has 1 N–H and O–H groups in total. The Labute approximate surface area is 129 Å². The number of anilines is 1. The minimum Gasteiger partial charge on any atom is -0.338 e. The van der Waals surface area contributed by atoms with Crippen LogP contribution in [0.3, 0.4) is 0 Å². The smallest absolute Gasteiger partial charge is 0.324 e. The molecule has 0 unspecified atom stereocenters. The Kier molecular flexibility index (Phi) is 4.19. The Morgan fingerprint density at radius 2 is 1.86 bits per heavy atom. The van der Waals surface area contributed by atoms with Gasteiger partial charge in [0, 0.05) is 51.7 Å². The minimum atomic E-state index is -0.289. The predicted molar refractivity (Wildman–Crippen MR) is 80.4 cm³/mol. The number of nitrogens with one attached hydrogen (secondary N) is 1. The average molecular weight is 304 g/mol. The molecule has 0 spiro atoms. The number of carbonyl (C=O) groups excluding carboxylic acids is 2. The summed E-state index contributed by atoms with van der Waals surface area (Å²) in [6.45, 7) is 5.90. The number of urea groups is 1. The molecule has 3 rings (SSSR count). The van der Waals surface area contributed by atoms with E-state index < -0.39 is 0 Å². The van der Waals surface area contributed by atoms with Gasteiger partial charge in [-0.25, -0.2) is 14.8 Å². The summed E-state index contributed by atoms with van der Waals surface area (Å²) in [6, 6.07) is 1.22. The van der Waals surface area contributed by atoms with Gasteiger partial charge in [-0.3, -0.25) is 14.6 Å². The molecule has 0 saturated carbocycles. The molecule has 2 aliphatic rings. The van der Waals surface area contributed by atoms with E-state index in [0.717, 1.165) is 32.1 Å². The molecule has 22 heavy (non-hydrogen) atoms. The normalized spacial score (nSPS) is 20.9. The first-order chi connectivity index (χ1) is 10.7. The number of nitrogens with zero attached hydrogens (tertiary/aromatic N) is 5. The Hall–Kier alpha value is -2.22. The van der Waals surface area contributed by atoms with E-state index in [1.54, 1.807) is 18.5 Å². The van der Waals surface area contributed by atoms with Crippen LogP contribution in [-0.4, -0.2) is 77.0 Å². The van der Waals surface area contributed by atoms with Crippen LogP contribution in [0.25, 0.3) is 0 Å². The van der Waals surface area contributed by atoms with Crippen molar-refractivity contribution in [1.29, 1.82) is 0 Å². The first-order valence-corrected chi connectivity index (χ1v) is 7.52. The fraction of sp³-hybridized carbons (Fsp3) is 0.571. The van der Waals surface area contributed by atoms with Crippen molar-refractivity contribution in [2.24, 2.45) is 0 Å². The Morgan fingerprint density at radius 3 is 2.45 bits per heavy atom. The highest BCUT2D eigenvalue weighted by molar-refractivity contribution is 5.98. The van der Waals surface area contributed by atoms with Crippen molar-refractivity contribution < 1.29 is 9.59 Å². The van der Waals surface area contributed by atoms with Gasteiger partial charge in [0.25, 0.3) is 0 Å². The molecule has 8 heteroatoms. The van der Waals surface area contributed by atoms with Crippen LogP contribution in [0, 0.1) is 0 Å². The topological polar surface area (TPSA) is 81.7 Å². The van der Waals surface area contributed by atoms with Crippen LogP contribution in [-0.2, 0) is 4.79 Å². The highest BCUT2D eigenvalue weighted by atomic mass is 16.2. The lowest BCUT2D eigenvalue weighted by molar-refractivity contribution is -0.132. The average Bonchev–Trinajstić information content (AvgIpc) is 3.00. The molecule has 1 atom stereocenters. The highest BCUT2D eigenvalue weighted by Gasteiger charge is 2.33. The van der Waals surface area contributed by atoms with Crippen molar-refractivity contribution in [1.82, 2.24) is 25.1 Å². The molecule has 8 nitrogen and oxygen atoms in total. The van der Waals surface area contributed by atoms with E-state index in [-0.39, 0.29) is 18.0 Å². The standard InChI is InChI=1S/C14H20N6O2/c1-11(12(21)20-6-5-17-14(20)22)18-7-9-19(10-8-18)13-15-3-2-4-16-13/h2-4,11H,5-10H2,1H3,(H,17,22)/t11-/m0/s1. The van der Waals surface area contributed by atoms with Crippen molar-refractivity contribution in [3.05, 3.63) is 18.5 Å². The van der Waals surface area contributed by atoms with Crippen molar-refractivity contribution in [3.8, 4) is 0 Å². The molecular weight excluding hydrogens is 284 g/mol. The summed E-state index contributed by atoms with van der Waals surface area (Å²) >= 11 is 0. The number of amides is 3. The minimum absolute atomic E-state index is 0.126. The molecule has 1 aromatic heterocycles. The summed E-state index contributed by atoms with van der Waals surface area (Å²) in [4.78, 5) is 38.0. The van der Waals surface area contributed by atoms with Crippen LogP contribution in [0.4, 0.5) is 10.7 Å². The lowest BCUT2D eigenvalue weighted by Gasteiger charge is -2.38. The van der Waals surface area contributed by atoms with Crippen LogP contribution < -0.4 is 10.2 Å². The second-order valence-corrected chi connectivity index (χ2v) is 5.47. The van der Waals surface area contributed by atoms with Gasteiger partial charge in [0.15, 0.2) is 0 Å². The van der Waals surface area contributed by atoms with Crippen molar-refractivity contribution in [3.63, 3.8) is 0 Å². The number of hydrogen-bond acceptors (Lipinski definition) is 6. The van der Waals surface area contributed by atoms with E-state index in [0.29, 0.717) is 13.1 Å². The number of hydrogen-bond donors (Lipinski definition) is 1. The predicted octanol–water partition coefficient (Wildman–Crippen LogP) is -0.461. The van der Waals surface area contributed by atoms with Crippen LogP contribution in [0.1, 0.15) is 6.92 Å². The summed E-state index contributed by atoms with van der Waals surface area (Å²) in [6.07, 6.45) is 3.46. The summed E-state index contributed by atoms with van der Waals surface area (Å²) in [5.41, 5.74) is 0. The summed E-state index contributed by atoms with van der Waals surface area (Å²) < 4.78 is 0. The van der Waals surface area contributed by atoms with Gasteiger partial charge in [-0.1, -0.05) is 0 Å². The van der Waals surface area contributed by atoms with E-state index in [2.05, 4.69) is 25.1 Å². The van der Waals surface area contributed by atoms with Crippen LogP contribution in [0.5, 0.6) is 0 Å². The molecule has 2 aliphatic heterocycles. The maximum absolute atomic E-state index is 12.4. The molecule has 0 bridgehead atoms.